The monoisotopic (exact) mass is 381 g/mol. The summed E-state index contributed by atoms with van der Waals surface area (Å²) in [4.78, 5) is 13.0. The molecule has 0 heterocycles. The van der Waals surface area contributed by atoms with Crippen molar-refractivity contribution in [3.05, 3.63) is 30.3 Å². The fourth-order valence-corrected chi connectivity index (χ4v) is 7.83. The van der Waals surface area contributed by atoms with E-state index in [0.717, 1.165) is 54.5 Å². The van der Waals surface area contributed by atoms with Crippen LogP contribution in [0.1, 0.15) is 65.2 Å². The number of anilines is 1. The molecular formula is C25H35NO2. The second-order valence-corrected chi connectivity index (χ2v) is 10.9. The quantitative estimate of drug-likeness (QED) is 0.734. The van der Waals surface area contributed by atoms with E-state index in [2.05, 4.69) is 12.2 Å². The molecule has 1 aromatic carbocycles. The Bertz CT molecular complexity index is 744. The number of amides is 1. The average molecular weight is 382 g/mol. The molecule has 4 aliphatic rings. The lowest BCUT2D eigenvalue weighted by Gasteiger charge is -2.64. The van der Waals surface area contributed by atoms with Gasteiger partial charge in [0.1, 0.15) is 0 Å². The van der Waals surface area contributed by atoms with Gasteiger partial charge in [-0.15, -0.1) is 0 Å². The van der Waals surface area contributed by atoms with E-state index >= 15 is 0 Å². The number of carbonyl (C=O) groups excluding carboxylic acids is 1. The summed E-state index contributed by atoms with van der Waals surface area (Å²) < 4.78 is 0. The Labute approximate surface area is 169 Å². The van der Waals surface area contributed by atoms with Crippen LogP contribution >= 0.6 is 0 Å². The molecule has 0 radical (unpaired) electrons. The van der Waals surface area contributed by atoms with Crippen molar-refractivity contribution in [2.45, 2.75) is 70.8 Å². The molecule has 1 amide bonds. The molecule has 8 atom stereocenters. The Morgan fingerprint density at radius 1 is 1.00 bits per heavy atom. The molecule has 4 aliphatic carbocycles. The average Bonchev–Trinajstić information content (AvgIpc) is 2.65. The van der Waals surface area contributed by atoms with E-state index in [4.69, 9.17) is 0 Å². The number of carbonyl (C=O) groups is 1. The molecule has 4 saturated carbocycles. The summed E-state index contributed by atoms with van der Waals surface area (Å²) in [5.41, 5.74) is 0.671. The number of para-hydroxylation sites is 1. The Morgan fingerprint density at radius 3 is 2.54 bits per heavy atom. The highest BCUT2D eigenvalue weighted by Gasteiger charge is 2.62. The van der Waals surface area contributed by atoms with Gasteiger partial charge in [-0.3, -0.25) is 4.79 Å². The highest BCUT2D eigenvalue weighted by atomic mass is 16.3. The first-order chi connectivity index (χ1) is 13.4. The van der Waals surface area contributed by atoms with Gasteiger partial charge in [0.15, 0.2) is 0 Å². The van der Waals surface area contributed by atoms with Crippen LogP contribution in [0.15, 0.2) is 30.3 Å². The normalized spacial score (nSPS) is 47.1. The predicted octanol–water partition coefficient (Wildman–Crippen LogP) is 5.25. The van der Waals surface area contributed by atoms with E-state index in [-0.39, 0.29) is 17.2 Å². The van der Waals surface area contributed by atoms with Crippen LogP contribution in [0.25, 0.3) is 0 Å². The lowest BCUT2D eigenvalue weighted by molar-refractivity contribution is -0.175. The molecule has 0 spiro atoms. The zero-order valence-electron chi connectivity index (χ0n) is 17.4. The van der Waals surface area contributed by atoms with Gasteiger partial charge in [-0.05, 0) is 105 Å². The van der Waals surface area contributed by atoms with Crippen LogP contribution < -0.4 is 5.32 Å². The molecule has 152 valence electrons. The fraction of sp³-hybridized carbons (Fsp3) is 0.720. The largest absolute Gasteiger partial charge is 0.390 e. The minimum absolute atomic E-state index is 0.170. The lowest BCUT2D eigenvalue weighted by Crippen LogP contribution is -2.60. The minimum atomic E-state index is -0.436. The second kappa shape index (κ2) is 6.58. The van der Waals surface area contributed by atoms with Crippen LogP contribution in [0.4, 0.5) is 5.69 Å². The number of fused-ring (bicyclic) bond motifs is 5. The van der Waals surface area contributed by atoms with Crippen molar-refractivity contribution < 1.29 is 9.90 Å². The van der Waals surface area contributed by atoms with Crippen LogP contribution in [0.5, 0.6) is 0 Å². The summed E-state index contributed by atoms with van der Waals surface area (Å²) >= 11 is 0. The molecule has 0 saturated heterocycles. The van der Waals surface area contributed by atoms with Gasteiger partial charge >= 0.3 is 0 Å². The number of benzene rings is 1. The molecule has 0 aliphatic heterocycles. The number of rotatable bonds is 2. The maximum absolute atomic E-state index is 13.0. The number of hydrogen-bond donors (Lipinski definition) is 2. The molecule has 3 nitrogen and oxygen atoms in total. The van der Waals surface area contributed by atoms with Crippen molar-refractivity contribution in [3.63, 3.8) is 0 Å². The van der Waals surface area contributed by atoms with E-state index in [9.17, 15) is 9.90 Å². The van der Waals surface area contributed by atoms with Crippen molar-refractivity contribution in [2.75, 3.05) is 5.32 Å². The summed E-state index contributed by atoms with van der Waals surface area (Å²) in [7, 11) is 0. The smallest absolute Gasteiger partial charge is 0.228 e. The molecule has 4 fully saturated rings. The predicted molar refractivity (Wildman–Crippen MR) is 112 cm³/mol. The van der Waals surface area contributed by atoms with Crippen LogP contribution in [0.2, 0.25) is 0 Å². The third kappa shape index (κ3) is 2.93. The van der Waals surface area contributed by atoms with Gasteiger partial charge in [0.2, 0.25) is 5.91 Å². The van der Waals surface area contributed by atoms with Crippen molar-refractivity contribution in [2.24, 2.45) is 40.9 Å². The first kappa shape index (κ1) is 18.7. The third-order valence-corrected chi connectivity index (χ3v) is 9.32. The van der Waals surface area contributed by atoms with Crippen LogP contribution in [0, 0.1) is 40.9 Å². The topological polar surface area (TPSA) is 49.3 Å². The molecule has 0 bridgehead atoms. The van der Waals surface area contributed by atoms with Crippen molar-refractivity contribution in [3.8, 4) is 0 Å². The molecule has 5 rings (SSSR count). The first-order valence-corrected chi connectivity index (χ1v) is 11.5. The van der Waals surface area contributed by atoms with Crippen LogP contribution in [0.3, 0.4) is 0 Å². The van der Waals surface area contributed by atoms with Gasteiger partial charge in [-0.1, -0.05) is 25.1 Å². The molecule has 0 aromatic heterocycles. The van der Waals surface area contributed by atoms with Gasteiger partial charge in [0.05, 0.1) is 5.60 Å². The summed E-state index contributed by atoms with van der Waals surface area (Å²) in [5.74, 6) is 4.32. The summed E-state index contributed by atoms with van der Waals surface area (Å²) in [6.07, 6.45) is 9.35. The summed E-state index contributed by atoms with van der Waals surface area (Å²) in [5, 5.41) is 13.7. The van der Waals surface area contributed by atoms with Gasteiger partial charge < -0.3 is 10.4 Å². The fourth-order valence-electron chi connectivity index (χ4n) is 7.83. The molecule has 28 heavy (non-hydrogen) atoms. The number of nitrogens with one attached hydrogen (secondary N) is 1. The van der Waals surface area contributed by atoms with Gasteiger partial charge in [0.25, 0.3) is 0 Å². The molecule has 2 N–H and O–H groups in total. The van der Waals surface area contributed by atoms with Gasteiger partial charge in [-0.2, -0.15) is 0 Å². The second-order valence-electron chi connectivity index (χ2n) is 10.9. The Kier molecular flexibility index (Phi) is 4.39. The van der Waals surface area contributed by atoms with E-state index in [1.165, 1.54) is 32.1 Å². The summed E-state index contributed by atoms with van der Waals surface area (Å²) in [6, 6.07) is 9.90. The Morgan fingerprint density at radius 2 is 1.75 bits per heavy atom. The molecular weight excluding hydrogens is 346 g/mol. The Hall–Kier alpha value is -1.35. The van der Waals surface area contributed by atoms with Gasteiger partial charge in [-0.25, -0.2) is 0 Å². The van der Waals surface area contributed by atoms with Crippen molar-refractivity contribution in [1.29, 1.82) is 0 Å². The maximum Gasteiger partial charge on any atom is 0.228 e. The van der Waals surface area contributed by atoms with Crippen molar-refractivity contribution in [1.82, 2.24) is 0 Å². The van der Waals surface area contributed by atoms with Gasteiger partial charge in [0, 0.05) is 11.6 Å². The first-order valence-electron chi connectivity index (χ1n) is 11.5. The van der Waals surface area contributed by atoms with Crippen LogP contribution in [-0.2, 0) is 4.79 Å². The Balaban J connectivity index is 1.27. The van der Waals surface area contributed by atoms with Crippen LogP contribution in [-0.4, -0.2) is 16.6 Å². The van der Waals surface area contributed by atoms with E-state index in [1.54, 1.807) is 0 Å². The summed E-state index contributed by atoms with van der Waals surface area (Å²) in [6.45, 7) is 4.43. The van der Waals surface area contributed by atoms with Crippen molar-refractivity contribution >= 4 is 11.6 Å². The standard InChI is InChI=1S/C25H35NO2/c1-24(28)12-10-18-16(15-24)8-9-20-19(18)11-13-25(2)21(20)14-22(25)23(27)26-17-6-4-3-5-7-17/h3-7,16,18-22,28H,8-15H2,1-2H3,(H,26,27). The van der Waals surface area contributed by atoms with E-state index in [0.29, 0.717) is 0 Å². The van der Waals surface area contributed by atoms with E-state index < -0.39 is 5.60 Å². The zero-order chi connectivity index (χ0) is 19.5. The minimum Gasteiger partial charge on any atom is -0.390 e. The number of aliphatic hydroxyl groups is 1. The lowest BCUT2D eigenvalue weighted by atomic mass is 9.40. The molecule has 3 heteroatoms. The molecule has 8 unspecified atom stereocenters. The number of hydrogen-bond acceptors (Lipinski definition) is 2. The SMILES string of the molecule is CC1(O)CCC2C(CCC3C2CCC2(C)C(C(=O)Nc4ccccc4)CC32)C1. The highest BCUT2D eigenvalue weighted by Crippen LogP contribution is 2.67. The van der Waals surface area contributed by atoms with E-state index in [1.807, 2.05) is 37.3 Å². The third-order valence-electron chi connectivity index (χ3n) is 9.32. The highest BCUT2D eigenvalue weighted by molar-refractivity contribution is 5.93. The maximum atomic E-state index is 13.0. The molecule has 1 aromatic rings. The zero-order valence-corrected chi connectivity index (χ0v) is 17.4.